The fraction of sp³-hybridized carbons (Fsp3) is 0.214. The van der Waals surface area contributed by atoms with E-state index in [2.05, 4.69) is 9.97 Å². The van der Waals surface area contributed by atoms with Gasteiger partial charge in [-0.05, 0) is 30.7 Å². The van der Waals surface area contributed by atoms with Gasteiger partial charge in [0.1, 0.15) is 0 Å². The van der Waals surface area contributed by atoms with Crippen LogP contribution in [0.5, 0.6) is 0 Å². The Morgan fingerprint density at radius 1 is 1.35 bits per heavy atom. The van der Waals surface area contributed by atoms with Gasteiger partial charge < -0.3 is 10.1 Å². The third-order valence-electron chi connectivity index (χ3n) is 2.59. The minimum atomic E-state index is -0.960. The number of aromatic nitrogens is 2. The number of carboxylic acid groups (broad SMARTS) is 1. The fourth-order valence-electron chi connectivity index (χ4n) is 1.69. The molecular formula is C14H14N2O3S. The molecule has 0 aliphatic rings. The van der Waals surface area contributed by atoms with Crippen LogP contribution in [0.4, 0.5) is 0 Å². The van der Waals surface area contributed by atoms with Crippen LogP contribution < -0.4 is 5.56 Å². The van der Waals surface area contributed by atoms with Crippen LogP contribution >= 0.6 is 11.8 Å². The molecule has 0 unspecified atom stereocenters. The molecule has 0 spiro atoms. The van der Waals surface area contributed by atoms with E-state index in [9.17, 15) is 9.59 Å². The van der Waals surface area contributed by atoms with Crippen molar-refractivity contribution in [3.8, 4) is 0 Å². The first-order valence-electron chi connectivity index (χ1n) is 6.20. The van der Waals surface area contributed by atoms with Gasteiger partial charge in [-0.3, -0.25) is 4.79 Å². The lowest BCUT2D eigenvalue weighted by atomic mass is 10.2. The van der Waals surface area contributed by atoms with E-state index in [0.717, 1.165) is 23.4 Å². The molecule has 1 heterocycles. The number of hydrogen-bond acceptors (Lipinski definition) is 4. The van der Waals surface area contributed by atoms with Crippen LogP contribution in [0.15, 0.2) is 45.2 Å². The molecule has 1 aromatic carbocycles. The first-order chi connectivity index (χ1) is 9.58. The van der Waals surface area contributed by atoms with E-state index in [1.807, 2.05) is 6.92 Å². The maximum Gasteiger partial charge on any atom is 0.335 e. The maximum atomic E-state index is 11.5. The van der Waals surface area contributed by atoms with E-state index in [1.54, 1.807) is 12.1 Å². The van der Waals surface area contributed by atoms with Gasteiger partial charge in [0.15, 0.2) is 5.16 Å². The molecule has 0 bridgehead atoms. The Balaban J connectivity index is 2.20. The third-order valence-corrected chi connectivity index (χ3v) is 3.49. The van der Waals surface area contributed by atoms with Crippen LogP contribution in [0.25, 0.3) is 0 Å². The van der Waals surface area contributed by atoms with Gasteiger partial charge in [0.2, 0.25) is 0 Å². The molecule has 2 rings (SSSR count). The van der Waals surface area contributed by atoms with Gasteiger partial charge in [0, 0.05) is 16.7 Å². The molecule has 1 aromatic heterocycles. The Hall–Kier alpha value is -2.08. The summed E-state index contributed by atoms with van der Waals surface area (Å²) < 4.78 is 0. The SMILES string of the molecule is CCCc1cc(=O)[nH]c(Sc2ccc(C(=O)O)cc2)n1. The van der Waals surface area contributed by atoms with Crippen LogP contribution in [-0.4, -0.2) is 21.0 Å². The smallest absolute Gasteiger partial charge is 0.335 e. The lowest BCUT2D eigenvalue weighted by molar-refractivity contribution is 0.0697. The standard InChI is InChI=1S/C14H14N2O3S/c1-2-3-10-8-12(17)16-14(15-10)20-11-6-4-9(5-7-11)13(18)19/h4-8H,2-3H2,1H3,(H,18,19)(H,15,16,17). The van der Waals surface area contributed by atoms with E-state index in [-0.39, 0.29) is 11.1 Å². The number of aryl methyl sites for hydroxylation is 1. The highest BCUT2D eigenvalue weighted by molar-refractivity contribution is 7.99. The quantitative estimate of drug-likeness (QED) is 0.827. The van der Waals surface area contributed by atoms with E-state index < -0.39 is 5.97 Å². The van der Waals surface area contributed by atoms with Crippen molar-refractivity contribution in [2.75, 3.05) is 0 Å². The molecule has 5 nitrogen and oxygen atoms in total. The summed E-state index contributed by atoms with van der Waals surface area (Å²) in [6, 6.07) is 7.94. The number of carboxylic acids is 1. The summed E-state index contributed by atoms with van der Waals surface area (Å²) in [5.74, 6) is -0.960. The van der Waals surface area contributed by atoms with Crippen molar-refractivity contribution < 1.29 is 9.90 Å². The molecule has 0 aliphatic carbocycles. The number of benzene rings is 1. The lowest BCUT2D eigenvalue weighted by Crippen LogP contribution is -2.09. The first-order valence-corrected chi connectivity index (χ1v) is 7.01. The van der Waals surface area contributed by atoms with E-state index in [1.165, 1.54) is 30.0 Å². The second-order valence-electron chi connectivity index (χ2n) is 4.22. The summed E-state index contributed by atoms with van der Waals surface area (Å²) in [5.41, 5.74) is 0.824. The van der Waals surface area contributed by atoms with Crippen molar-refractivity contribution in [2.45, 2.75) is 29.8 Å². The third kappa shape index (κ3) is 3.71. The van der Waals surface area contributed by atoms with Crippen molar-refractivity contribution in [2.24, 2.45) is 0 Å². The Morgan fingerprint density at radius 3 is 2.65 bits per heavy atom. The van der Waals surface area contributed by atoms with Crippen LogP contribution in [0.2, 0.25) is 0 Å². The Bertz CT molecular complexity index is 665. The Labute approximate surface area is 120 Å². The van der Waals surface area contributed by atoms with Crippen molar-refractivity contribution >= 4 is 17.7 Å². The lowest BCUT2D eigenvalue weighted by Gasteiger charge is -2.03. The number of nitrogens with one attached hydrogen (secondary N) is 1. The minimum Gasteiger partial charge on any atom is -0.478 e. The van der Waals surface area contributed by atoms with Crippen molar-refractivity contribution in [3.63, 3.8) is 0 Å². The van der Waals surface area contributed by atoms with Crippen molar-refractivity contribution in [1.29, 1.82) is 0 Å². The molecular weight excluding hydrogens is 276 g/mol. The Morgan fingerprint density at radius 2 is 2.05 bits per heavy atom. The zero-order chi connectivity index (χ0) is 14.5. The van der Waals surface area contributed by atoms with Crippen molar-refractivity contribution in [3.05, 3.63) is 51.9 Å². The summed E-state index contributed by atoms with van der Waals surface area (Å²) in [6.07, 6.45) is 1.68. The number of nitrogens with zero attached hydrogens (tertiary/aromatic N) is 1. The topological polar surface area (TPSA) is 83.0 Å². The highest BCUT2D eigenvalue weighted by Gasteiger charge is 2.05. The first kappa shape index (κ1) is 14.3. The molecule has 6 heteroatoms. The van der Waals surface area contributed by atoms with Gasteiger partial charge >= 0.3 is 5.97 Å². The predicted octanol–water partition coefficient (Wildman–Crippen LogP) is 2.57. The minimum absolute atomic E-state index is 0.173. The average molecular weight is 290 g/mol. The normalized spacial score (nSPS) is 10.4. The van der Waals surface area contributed by atoms with Gasteiger partial charge in [-0.15, -0.1) is 0 Å². The molecule has 0 aliphatic heterocycles. The van der Waals surface area contributed by atoms with Gasteiger partial charge in [-0.1, -0.05) is 25.1 Å². The number of aromatic amines is 1. The van der Waals surface area contributed by atoms with Gasteiger partial charge in [0.25, 0.3) is 5.56 Å². The summed E-state index contributed by atoms with van der Waals surface area (Å²) in [7, 11) is 0. The molecule has 0 saturated carbocycles. The molecule has 0 atom stereocenters. The zero-order valence-electron chi connectivity index (χ0n) is 10.9. The number of carbonyl (C=O) groups is 1. The average Bonchev–Trinajstić information content (AvgIpc) is 2.39. The summed E-state index contributed by atoms with van der Waals surface area (Å²) in [4.78, 5) is 30.2. The predicted molar refractivity (Wildman–Crippen MR) is 76.4 cm³/mol. The molecule has 20 heavy (non-hydrogen) atoms. The summed E-state index contributed by atoms with van der Waals surface area (Å²) >= 11 is 1.30. The summed E-state index contributed by atoms with van der Waals surface area (Å²) in [6.45, 7) is 2.03. The highest BCUT2D eigenvalue weighted by atomic mass is 32.2. The largest absolute Gasteiger partial charge is 0.478 e. The summed E-state index contributed by atoms with van der Waals surface area (Å²) in [5, 5.41) is 9.35. The van der Waals surface area contributed by atoms with Gasteiger partial charge in [-0.2, -0.15) is 0 Å². The van der Waals surface area contributed by atoms with Crippen LogP contribution in [0, 0.1) is 0 Å². The number of aromatic carboxylic acids is 1. The van der Waals surface area contributed by atoms with Crippen LogP contribution in [0.3, 0.4) is 0 Å². The fourth-order valence-corrected chi connectivity index (χ4v) is 2.50. The number of H-pyrrole nitrogens is 1. The molecule has 0 radical (unpaired) electrons. The monoisotopic (exact) mass is 290 g/mol. The van der Waals surface area contributed by atoms with Crippen LogP contribution in [0.1, 0.15) is 29.4 Å². The molecule has 2 aromatic rings. The van der Waals surface area contributed by atoms with Crippen LogP contribution in [-0.2, 0) is 6.42 Å². The van der Waals surface area contributed by atoms with Gasteiger partial charge in [-0.25, -0.2) is 9.78 Å². The number of hydrogen-bond donors (Lipinski definition) is 2. The van der Waals surface area contributed by atoms with Crippen molar-refractivity contribution in [1.82, 2.24) is 9.97 Å². The molecule has 0 amide bonds. The number of rotatable bonds is 5. The molecule has 0 fully saturated rings. The molecule has 104 valence electrons. The molecule has 0 saturated heterocycles. The van der Waals surface area contributed by atoms with E-state index >= 15 is 0 Å². The van der Waals surface area contributed by atoms with Gasteiger partial charge in [0.05, 0.1) is 5.56 Å². The molecule has 2 N–H and O–H groups in total. The maximum absolute atomic E-state index is 11.5. The van der Waals surface area contributed by atoms with E-state index in [4.69, 9.17) is 5.11 Å². The Kier molecular flexibility index (Phi) is 4.57. The van der Waals surface area contributed by atoms with E-state index in [0.29, 0.717) is 5.16 Å². The second-order valence-corrected chi connectivity index (χ2v) is 5.29. The highest BCUT2D eigenvalue weighted by Crippen LogP contribution is 2.24. The zero-order valence-corrected chi connectivity index (χ0v) is 11.7. The second kappa shape index (κ2) is 6.38.